The number of benzene rings is 1. The van der Waals surface area contributed by atoms with E-state index in [9.17, 15) is 15.0 Å². The Morgan fingerprint density at radius 1 is 1.28 bits per heavy atom. The number of aromatic nitrogens is 4. The number of aliphatic hydroxyl groups is 2. The highest BCUT2D eigenvalue weighted by Crippen LogP contribution is 2.36. The van der Waals surface area contributed by atoms with Crippen LogP contribution in [0.4, 0.5) is 5.82 Å². The Labute approximate surface area is 173 Å². The summed E-state index contributed by atoms with van der Waals surface area (Å²) in [7, 11) is 0. The summed E-state index contributed by atoms with van der Waals surface area (Å²) in [5, 5.41) is 30.4. The van der Waals surface area contributed by atoms with Gasteiger partial charge in [0.25, 0.3) is 0 Å². The van der Waals surface area contributed by atoms with E-state index >= 15 is 0 Å². The maximum atomic E-state index is 11.1. The van der Waals surface area contributed by atoms with Gasteiger partial charge in [-0.05, 0) is 18.2 Å². The highest BCUT2D eigenvalue weighted by atomic mass is 35.5. The van der Waals surface area contributed by atoms with Gasteiger partial charge in [0.15, 0.2) is 17.7 Å². The van der Waals surface area contributed by atoms with Crippen molar-refractivity contribution in [1.29, 1.82) is 0 Å². The zero-order valence-electron chi connectivity index (χ0n) is 14.7. The number of carboxylic acid groups (broad SMARTS) is 1. The normalized spacial score (nSPS) is 24.2. The van der Waals surface area contributed by atoms with Crippen molar-refractivity contribution in [1.82, 2.24) is 19.5 Å². The summed E-state index contributed by atoms with van der Waals surface area (Å²) in [6, 6.07) is 4.36. The van der Waals surface area contributed by atoms with E-state index in [2.05, 4.69) is 15.0 Å². The van der Waals surface area contributed by atoms with E-state index in [-0.39, 0.29) is 17.1 Å². The van der Waals surface area contributed by atoms with Gasteiger partial charge in [-0.3, -0.25) is 4.57 Å². The molecule has 29 heavy (non-hydrogen) atoms. The number of halogens is 1. The van der Waals surface area contributed by atoms with Gasteiger partial charge < -0.3 is 25.8 Å². The minimum absolute atomic E-state index is 0.102. The number of ether oxygens (including phenoxy) is 1. The van der Waals surface area contributed by atoms with Crippen LogP contribution in [0.15, 0.2) is 35.7 Å². The number of nitrogen functional groups attached to an aromatic ring is 1. The van der Waals surface area contributed by atoms with Crippen molar-refractivity contribution in [2.24, 2.45) is 0 Å². The van der Waals surface area contributed by atoms with E-state index < -0.39 is 30.5 Å². The fourth-order valence-electron chi connectivity index (χ4n) is 3.07. The minimum Gasteiger partial charge on any atom is -0.478 e. The molecule has 152 valence electrons. The number of anilines is 1. The van der Waals surface area contributed by atoms with Gasteiger partial charge in [0, 0.05) is 10.6 Å². The fraction of sp³-hybridized carbons (Fsp3) is 0.294. The second kappa shape index (κ2) is 7.76. The van der Waals surface area contributed by atoms with E-state index in [0.29, 0.717) is 21.1 Å². The quantitative estimate of drug-likeness (QED) is 0.427. The zero-order chi connectivity index (χ0) is 20.7. The Bertz CT molecular complexity index is 1080. The number of thioether (sulfide) groups is 1. The largest absolute Gasteiger partial charge is 0.478 e. The second-order valence-corrected chi connectivity index (χ2v) is 7.86. The highest BCUT2D eigenvalue weighted by molar-refractivity contribution is 7.99. The number of aromatic carboxylic acids is 1. The average molecular weight is 438 g/mol. The number of hydrogen-bond acceptors (Lipinski definition) is 9. The maximum Gasteiger partial charge on any atom is 0.335 e. The molecule has 4 rings (SSSR count). The van der Waals surface area contributed by atoms with Crippen LogP contribution in [0, 0.1) is 0 Å². The first-order valence-electron chi connectivity index (χ1n) is 8.47. The molecule has 10 nitrogen and oxygen atoms in total. The molecule has 0 aliphatic carbocycles. The van der Waals surface area contributed by atoms with Gasteiger partial charge in [0.2, 0.25) is 0 Å². The Balaban J connectivity index is 1.53. The SMILES string of the molecule is Nc1ncnc2c1ncn2[C@@H]1O[C@H](CSc2cc(C(=O)O)ccc2Cl)[C@@H](O)[C@H]1O. The van der Waals surface area contributed by atoms with Gasteiger partial charge in [-0.1, -0.05) is 11.6 Å². The molecular weight excluding hydrogens is 422 g/mol. The summed E-state index contributed by atoms with van der Waals surface area (Å²) in [5.41, 5.74) is 6.62. The van der Waals surface area contributed by atoms with Crippen molar-refractivity contribution >= 4 is 46.3 Å². The van der Waals surface area contributed by atoms with Crippen LogP contribution >= 0.6 is 23.4 Å². The monoisotopic (exact) mass is 437 g/mol. The topological polar surface area (TPSA) is 157 Å². The Morgan fingerprint density at radius 3 is 2.83 bits per heavy atom. The molecule has 1 aliphatic rings. The van der Waals surface area contributed by atoms with Crippen molar-refractivity contribution in [3.8, 4) is 0 Å². The molecule has 0 spiro atoms. The van der Waals surface area contributed by atoms with Crippen molar-refractivity contribution in [3.05, 3.63) is 41.4 Å². The molecular formula is C17H16ClN5O5S. The molecule has 0 unspecified atom stereocenters. The number of hydrogen-bond donors (Lipinski definition) is 4. The van der Waals surface area contributed by atoms with Crippen LogP contribution < -0.4 is 5.73 Å². The van der Waals surface area contributed by atoms with Crippen LogP contribution in [0.1, 0.15) is 16.6 Å². The lowest BCUT2D eigenvalue weighted by molar-refractivity contribution is -0.0289. The van der Waals surface area contributed by atoms with Gasteiger partial charge in [-0.25, -0.2) is 19.7 Å². The van der Waals surface area contributed by atoms with Gasteiger partial charge in [0.1, 0.15) is 24.1 Å². The number of nitrogens with two attached hydrogens (primary N) is 1. The van der Waals surface area contributed by atoms with Crippen molar-refractivity contribution < 1.29 is 24.9 Å². The molecule has 0 bridgehead atoms. The fourth-order valence-corrected chi connectivity index (χ4v) is 4.39. The summed E-state index contributed by atoms with van der Waals surface area (Å²) in [6.45, 7) is 0. The molecule has 4 atom stereocenters. The number of rotatable bonds is 5. The summed E-state index contributed by atoms with van der Waals surface area (Å²) in [6.07, 6.45) is -1.37. The first kappa shape index (κ1) is 19.9. The number of nitrogens with zero attached hydrogens (tertiary/aromatic N) is 4. The Hall–Kier alpha value is -2.44. The minimum atomic E-state index is -1.23. The van der Waals surface area contributed by atoms with Crippen LogP contribution in [0.2, 0.25) is 5.02 Å². The summed E-state index contributed by atoms with van der Waals surface area (Å²) >= 11 is 7.36. The maximum absolute atomic E-state index is 11.1. The molecule has 2 aromatic heterocycles. The van der Waals surface area contributed by atoms with E-state index in [4.69, 9.17) is 27.2 Å². The van der Waals surface area contributed by atoms with Gasteiger partial charge >= 0.3 is 5.97 Å². The molecule has 1 aromatic carbocycles. The molecule has 3 heterocycles. The van der Waals surface area contributed by atoms with E-state index in [1.54, 1.807) is 0 Å². The van der Waals surface area contributed by atoms with E-state index in [0.717, 1.165) is 0 Å². The van der Waals surface area contributed by atoms with Crippen LogP contribution in [0.3, 0.4) is 0 Å². The molecule has 0 radical (unpaired) electrons. The summed E-state index contributed by atoms with van der Waals surface area (Å²) < 4.78 is 7.35. The Kier molecular flexibility index (Phi) is 5.32. The Morgan fingerprint density at radius 2 is 2.07 bits per heavy atom. The lowest BCUT2D eigenvalue weighted by Gasteiger charge is -2.16. The van der Waals surface area contributed by atoms with Crippen LogP contribution in [-0.4, -0.2) is 64.9 Å². The molecule has 0 amide bonds. The second-order valence-electron chi connectivity index (χ2n) is 6.39. The average Bonchev–Trinajstić information content (AvgIpc) is 3.24. The lowest BCUT2D eigenvalue weighted by Crippen LogP contribution is -2.32. The molecule has 0 saturated carbocycles. The van der Waals surface area contributed by atoms with Crippen molar-refractivity contribution in [2.75, 3.05) is 11.5 Å². The smallest absolute Gasteiger partial charge is 0.335 e. The molecule has 1 aliphatic heterocycles. The van der Waals surface area contributed by atoms with Gasteiger partial charge in [-0.2, -0.15) is 0 Å². The third-order valence-corrected chi connectivity index (χ3v) is 6.17. The van der Waals surface area contributed by atoms with Crippen LogP contribution in [0.25, 0.3) is 11.2 Å². The summed E-state index contributed by atoms with van der Waals surface area (Å²) in [5.74, 6) is -0.632. The first-order valence-corrected chi connectivity index (χ1v) is 9.83. The van der Waals surface area contributed by atoms with E-state index in [1.165, 1.54) is 47.2 Å². The van der Waals surface area contributed by atoms with Crippen molar-refractivity contribution in [2.45, 2.75) is 29.4 Å². The zero-order valence-corrected chi connectivity index (χ0v) is 16.3. The summed E-state index contributed by atoms with van der Waals surface area (Å²) in [4.78, 5) is 23.8. The molecule has 1 saturated heterocycles. The van der Waals surface area contributed by atoms with Crippen LogP contribution in [0.5, 0.6) is 0 Å². The molecule has 1 fully saturated rings. The van der Waals surface area contributed by atoms with Gasteiger partial charge in [-0.15, -0.1) is 11.8 Å². The molecule has 3 aromatic rings. The standard InChI is InChI=1S/C17H16ClN5O5S/c18-8-2-1-7(17(26)27)3-10(8)29-4-9-12(24)13(25)16(28-9)23-6-22-11-14(19)20-5-21-15(11)23/h1-3,5-6,9,12-13,16,24-25H,4H2,(H,26,27)(H2,19,20,21)/t9-,12-,13-,16-/m1/s1. The molecule has 12 heteroatoms. The highest BCUT2D eigenvalue weighted by Gasteiger charge is 2.44. The first-order chi connectivity index (χ1) is 13.9. The van der Waals surface area contributed by atoms with Gasteiger partial charge in [0.05, 0.1) is 23.0 Å². The number of imidazole rings is 1. The lowest BCUT2D eigenvalue weighted by atomic mass is 10.1. The number of carboxylic acids is 1. The third-order valence-electron chi connectivity index (χ3n) is 4.58. The van der Waals surface area contributed by atoms with E-state index in [1.807, 2.05) is 0 Å². The number of carbonyl (C=O) groups is 1. The van der Waals surface area contributed by atoms with Crippen LogP contribution in [-0.2, 0) is 4.74 Å². The number of aliphatic hydroxyl groups excluding tert-OH is 2. The number of fused-ring (bicyclic) bond motifs is 1. The molecule has 5 N–H and O–H groups in total. The van der Waals surface area contributed by atoms with Crippen molar-refractivity contribution in [3.63, 3.8) is 0 Å². The predicted octanol–water partition coefficient (Wildman–Crippen LogP) is 1.17. The predicted molar refractivity (Wildman–Crippen MR) is 105 cm³/mol. The third kappa shape index (κ3) is 3.63.